The highest BCUT2D eigenvalue weighted by Crippen LogP contribution is 2.33. The van der Waals surface area contributed by atoms with E-state index in [1.165, 1.54) is 0 Å². The predicted molar refractivity (Wildman–Crippen MR) is 76.4 cm³/mol. The summed E-state index contributed by atoms with van der Waals surface area (Å²) in [7, 11) is 0. The van der Waals surface area contributed by atoms with Gasteiger partial charge in [0.2, 0.25) is 5.91 Å². The first-order valence-corrected chi connectivity index (χ1v) is 7.19. The van der Waals surface area contributed by atoms with Crippen LogP contribution in [0.3, 0.4) is 0 Å². The maximum atomic E-state index is 12.3. The minimum atomic E-state index is -0.551. The molecule has 5 heteroatoms. The molecule has 2 atom stereocenters. The molecule has 1 heterocycles. The second-order valence-corrected chi connectivity index (χ2v) is 5.80. The number of ether oxygens (including phenoxy) is 1. The molecule has 4 nitrogen and oxygen atoms in total. The highest BCUT2D eigenvalue weighted by atomic mass is 79.9. The number of carbonyl (C=O) groups excluding carboxylic acids is 2. The maximum Gasteiger partial charge on any atom is 0.329 e. The van der Waals surface area contributed by atoms with Gasteiger partial charge in [0.15, 0.2) is 0 Å². The second-order valence-electron chi connectivity index (χ2n) is 4.42. The summed E-state index contributed by atoms with van der Waals surface area (Å²) >= 11 is 3.27. The lowest BCUT2D eigenvalue weighted by Crippen LogP contribution is -2.46. The van der Waals surface area contributed by atoms with Gasteiger partial charge in [0, 0.05) is 12.1 Å². The molecule has 1 aliphatic rings. The molecule has 2 unspecified atom stereocenters. The largest absolute Gasteiger partial charge is 0.464 e. The van der Waals surface area contributed by atoms with Gasteiger partial charge in [0.25, 0.3) is 0 Å². The standard InChI is InChI=1S/C14H16BrNO3/c1-3-19-14(18)12-8-10-6-4-5-7-11(10)16(12)13(17)9(2)15/h4-7,9,12H,3,8H2,1-2H3. The molecule has 0 N–H and O–H groups in total. The van der Waals surface area contributed by atoms with E-state index in [2.05, 4.69) is 15.9 Å². The fourth-order valence-electron chi connectivity index (χ4n) is 2.28. The lowest BCUT2D eigenvalue weighted by Gasteiger charge is -2.25. The molecule has 0 saturated heterocycles. The SMILES string of the molecule is CCOC(=O)C1Cc2ccccc2N1C(=O)C(C)Br. The van der Waals surface area contributed by atoms with E-state index < -0.39 is 6.04 Å². The Labute approximate surface area is 120 Å². The van der Waals surface area contributed by atoms with E-state index in [-0.39, 0.29) is 16.7 Å². The zero-order chi connectivity index (χ0) is 14.0. The lowest BCUT2D eigenvalue weighted by molar-refractivity contribution is -0.145. The number of esters is 1. The van der Waals surface area contributed by atoms with Gasteiger partial charge in [-0.2, -0.15) is 0 Å². The molecule has 0 aliphatic carbocycles. The van der Waals surface area contributed by atoms with Crippen molar-refractivity contribution in [3.05, 3.63) is 29.8 Å². The summed E-state index contributed by atoms with van der Waals surface area (Å²) in [6.07, 6.45) is 0.514. The van der Waals surface area contributed by atoms with Crippen LogP contribution in [-0.4, -0.2) is 29.4 Å². The number of anilines is 1. The van der Waals surface area contributed by atoms with E-state index in [4.69, 9.17) is 4.74 Å². The average Bonchev–Trinajstić information content (AvgIpc) is 2.77. The average molecular weight is 326 g/mol. The Morgan fingerprint density at radius 3 is 2.79 bits per heavy atom. The van der Waals surface area contributed by atoms with Gasteiger partial charge in [-0.25, -0.2) is 4.79 Å². The molecular weight excluding hydrogens is 310 g/mol. The van der Waals surface area contributed by atoms with Crippen LogP contribution in [0.4, 0.5) is 5.69 Å². The van der Waals surface area contributed by atoms with E-state index in [0.29, 0.717) is 13.0 Å². The zero-order valence-corrected chi connectivity index (χ0v) is 12.5. The van der Waals surface area contributed by atoms with E-state index in [1.54, 1.807) is 18.7 Å². The van der Waals surface area contributed by atoms with Crippen LogP contribution >= 0.6 is 15.9 Å². The second kappa shape index (κ2) is 5.74. The van der Waals surface area contributed by atoms with Crippen molar-refractivity contribution >= 4 is 33.5 Å². The molecule has 0 bridgehead atoms. The third-order valence-corrected chi connectivity index (χ3v) is 3.50. The number of alkyl halides is 1. The topological polar surface area (TPSA) is 46.6 Å². The summed E-state index contributed by atoms with van der Waals surface area (Å²) in [5, 5.41) is 0. The van der Waals surface area contributed by atoms with Gasteiger partial charge < -0.3 is 4.74 Å². The van der Waals surface area contributed by atoms with Gasteiger partial charge in [-0.15, -0.1) is 0 Å². The zero-order valence-electron chi connectivity index (χ0n) is 10.9. The first-order chi connectivity index (χ1) is 9.06. The number of amides is 1. The van der Waals surface area contributed by atoms with Crippen molar-refractivity contribution in [3.63, 3.8) is 0 Å². The molecule has 0 spiro atoms. The van der Waals surface area contributed by atoms with Crippen LogP contribution in [0.25, 0.3) is 0 Å². The number of para-hydroxylation sites is 1. The Balaban J connectivity index is 2.36. The normalized spacial score (nSPS) is 18.9. The molecule has 1 aromatic carbocycles. The van der Waals surface area contributed by atoms with Crippen molar-refractivity contribution < 1.29 is 14.3 Å². The van der Waals surface area contributed by atoms with E-state index in [1.807, 2.05) is 24.3 Å². The summed E-state index contributed by atoms with van der Waals surface area (Å²) in [5.74, 6) is -0.469. The van der Waals surface area contributed by atoms with Crippen molar-refractivity contribution in [2.24, 2.45) is 0 Å². The predicted octanol–water partition coefficient (Wildman–Crippen LogP) is 2.29. The molecular formula is C14H16BrNO3. The molecule has 19 heavy (non-hydrogen) atoms. The number of benzene rings is 1. The van der Waals surface area contributed by atoms with Gasteiger partial charge in [-0.3, -0.25) is 9.69 Å². The molecule has 0 aromatic heterocycles. The van der Waals surface area contributed by atoms with E-state index in [0.717, 1.165) is 11.3 Å². The fraction of sp³-hybridized carbons (Fsp3) is 0.429. The van der Waals surface area contributed by atoms with Gasteiger partial charge >= 0.3 is 5.97 Å². The molecule has 2 rings (SSSR count). The smallest absolute Gasteiger partial charge is 0.329 e. The maximum absolute atomic E-state index is 12.3. The van der Waals surface area contributed by atoms with Gasteiger partial charge in [-0.05, 0) is 25.5 Å². The van der Waals surface area contributed by atoms with E-state index >= 15 is 0 Å². The molecule has 1 aromatic rings. The van der Waals surface area contributed by atoms with Crippen LogP contribution in [0.2, 0.25) is 0 Å². The Bertz CT molecular complexity index is 501. The third-order valence-electron chi connectivity index (χ3n) is 3.11. The molecule has 102 valence electrons. The number of carbonyl (C=O) groups is 2. The van der Waals surface area contributed by atoms with Crippen LogP contribution in [-0.2, 0) is 20.7 Å². The Hall–Kier alpha value is -1.36. The van der Waals surface area contributed by atoms with Crippen LogP contribution in [0.1, 0.15) is 19.4 Å². The van der Waals surface area contributed by atoms with Crippen molar-refractivity contribution in [1.29, 1.82) is 0 Å². The monoisotopic (exact) mass is 325 g/mol. The number of hydrogen-bond acceptors (Lipinski definition) is 3. The van der Waals surface area contributed by atoms with Crippen molar-refractivity contribution in [2.75, 3.05) is 11.5 Å². The minimum Gasteiger partial charge on any atom is -0.464 e. The Morgan fingerprint density at radius 2 is 2.16 bits per heavy atom. The summed E-state index contributed by atoms with van der Waals surface area (Å²) in [6, 6.07) is 7.03. The molecule has 0 saturated carbocycles. The van der Waals surface area contributed by atoms with E-state index in [9.17, 15) is 9.59 Å². The first kappa shape index (κ1) is 14.1. The third kappa shape index (κ3) is 2.66. The van der Waals surface area contributed by atoms with Crippen molar-refractivity contribution in [3.8, 4) is 0 Å². The number of fused-ring (bicyclic) bond motifs is 1. The summed E-state index contributed by atoms with van der Waals surface area (Å²) in [4.78, 5) is 25.5. The van der Waals surface area contributed by atoms with Crippen LogP contribution in [0.15, 0.2) is 24.3 Å². The molecule has 0 radical (unpaired) electrons. The molecule has 0 fully saturated rings. The van der Waals surface area contributed by atoms with Crippen molar-refractivity contribution in [2.45, 2.75) is 31.1 Å². The summed E-state index contributed by atoms with van der Waals surface area (Å²) in [6.45, 7) is 3.84. The fourth-order valence-corrected chi connectivity index (χ4v) is 2.50. The highest BCUT2D eigenvalue weighted by Gasteiger charge is 2.40. The summed E-state index contributed by atoms with van der Waals surface area (Å²) < 4.78 is 5.07. The molecule has 1 amide bonds. The number of rotatable bonds is 3. The lowest BCUT2D eigenvalue weighted by atomic mass is 10.1. The Kier molecular flexibility index (Phi) is 4.24. The molecule has 1 aliphatic heterocycles. The quantitative estimate of drug-likeness (QED) is 0.632. The highest BCUT2D eigenvalue weighted by molar-refractivity contribution is 9.10. The van der Waals surface area contributed by atoms with Gasteiger partial charge in [0.05, 0.1) is 11.4 Å². The van der Waals surface area contributed by atoms with Gasteiger partial charge in [-0.1, -0.05) is 34.1 Å². The van der Waals surface area contributed by atoms with Gasteiger partial charge in [0.1, 0.15) is 6.04 Å². The van der Waals surface area contributed by atoms with Crippen LogP contribution in [0, 0.1) is 0 Å². The van der Waals surface area contributed by atoms with Crippen LogP contribution in [0.5, 0.6) is 0 Å². The summed E-state index contributed by atoms with van der Waals surface area (Å²) in [5.41, 5.74) is 1.80. The first-order valence-electron chi connectivity index (χ1n) is 6.28. The van der Waals surface area contributed by atoms with Crippen LogP contribution < -0.4 is 4.90 Å². The Morgan fingerprint density at radius 1 is 1.47 bits per heavy atom. The number of halogens is 1. The minimum absolute atomic E-state index is 0.122. The van der Waals surface area contributed by atoms with Crippen molar-refractivity contribution in [1.82, 2.24) is 0 Å². The number of nitrogens with zero attached hydrogens (tertiary/aromatic N) is 1. The number of hydrogen-bond donors (Lipinski definition) is 0.